The zero-order valence-electron chi connectivity index (χ0n) is 13.2. The van der Waals surface area contributed by atoms with E-state index in [1.807, 2.05) is 12.4 Å². The molecule has 0 bridgehead atoms. The molecule has 3 nitrogen and oxygen atoms in total. The molecule has 5 rings (SSSR count). The summed E-state index contributed by atoms with van der Waals surface area (Å²) >= 11 is 0. The number of hydrogen-bond acceptors (Lipinski definition) is 2. The molecular weight excluding hydrogens is 282 g/mol. The SMILES string of the molecule is C[C@H]1CC=Cc2cncc(-n3nc(C4CC4)c4ccccc43)c21. The number of aromatic nitrogens is 3. The predicted octanol–water partition coefficient (Wildman–Crippen LogP) is 4.82. The first kappa shape index (κ1) is 13.1. The number of hydrogen-bond donors (Lipinski definition) is 0. The molecule has 2 aromatic heterocycles. The van der Waals surface area contributed by atoms with Crippen LogP contribution in [0.5, 0.6) is 0 Å². The van der Waals surface area contributed by atoms with Crippen molar-refractivity contribution in [1.82, 2.24) is 14.8 Å². The predicted molar refractivity (Wildman–Crippen MR) is 92.9 cm³/mol. The van der Waals surface area contributed by atoms with Gasteiger partial charge in [0.25, 0.3) is 0 Å². The fourth-order valence-electron chi connectivity index (χ4n) is 3.76. The normalized spacial score (nSPS) is 20.0. The first-order chi connectivity index (χ1) is 11.3. The Morgan fingerprint density at radius 1 is 1.13 bits per heavy atom. The summed E-state index contributed by atoms with van der Waals surface area (Å²) in [4.78, 5) is 4.47. The molecule has 0 aliphatic heterocycles. The maximum Gasteiger partial charge on any atom is 0.0876 e. The third kappa shape index (κ3) is 1.96. The Balaban J connectivity index is 1.81. The standard InChI is InChI=1S/C20H19N3/c1-13-5-4-6-15-11-21-12-18(19(13)15)23-17-8-3-2-7-16(17)20(22-23)14-9-10-14/h2-4,6-8,11-14H,5,9-10H2,1H3/t13-/m0/s1. The number of pyridine rings is 1. The Hall–Kier alpha value is -2.42. The van der Waals surface area contributed by atoms with Crippen molar-refractivity contribution in [3.63, 3.8) is 0 Å². The summed E-state index contributed by atoms with van der Waals surface area (Å²) in [6.45, 7) is 2.29. The minimum absolute atomic E-state index is 0.500. The van der Waals surface area contributed by atoms with Gasteiger partial charge in [-0.15, -0.1) is 0 Å². The second-order valence-corrected chi connectivity index (χ2v) is 6.79. The van der Waals surface area contributed by atoms with Gasteiger partial charge < -0.3 is 0 Å². The van der Waals surface area contributed by atoms with Gasteiger partial charge in [0.15, 0.2) is 0 Å². The molecular formula is C20H19N3. The number of benzene rings is 1. The van der Waals surface area contributed by atoms with Gasteiger partial charge in [-0.25, -0.2) is 4.68 Å². The first-order valence-electron chi connectivity index (χ1n) is 8.45. The molecule has 3 heteroatoms. The van der Waals surface area contributed by atoms with Crippen molar-refractivity contribution in [2.45, 2.75) is 38.0 Å². The van der Waals surface area contributed by atoms with Gasteiger partial charge in [0.2, 0.25) is 0 Å². The topological polar surface area (TPSA) is 30.7 Å². The van der Waals surface area contributed by atoms with E-state index < -0.39 is 0 Å². The van der Waals surface area contributed by atoms with Gasteiger partial charge in [0.1, 0.15) is 0 Å². The molecule has 0 saturated heterocycles. The van der Waals surface area contributed by atoms with Gasteiger partial charge in [0, 0.05) is 17.5 Å². The summed E-state index contributed by atoms with van der Waals surface area (Å²) < 4.78 is 2.13. The number of fused-ring (bicyclic) bond motifs is 2. The van der Waals surface area contributed by atoms with E-state index in [1.165, 1.54) is 40.6 Å². The van der Waals surface area contributed by atoms with Crippen LogP contribution in [-0.2, 0) is 0 Å². The molecule has 2 aliphatic rings. The molecule has 1 aromatic carbocycles. The average Bonchev–Trinajstić information content (AvgIpc) is 3.35. The minimum atomic E-state index is 0.500. The van der Waals surface area contributed by atoms with Crippen LogP contribution in [0.1, 0.15) is 54.8 Å². The van der Waals surface area contributed by atoms with Crippen LogP contribution in [0, 0.1) is 0 Å². The Kier molecular flexibility index (Phi) is 2.72. The van der Waals surface area contributed by atoms with Gasteiger partial charge in [-0.1, -0.05) is 37.3 Å². The van der Waals surface area contributed by atoms with Crippen LogP contribution in [0.3, 0.4) is 0 Å². The summed E-state index contributed by atoms with van der Waals surface area (Å²) in [5, 5.41) is 6.31. The molecule has 23 heavy (non-hydrogen) atoms. The van der Waals surface area contributed by atoms with Crippen molar-refractivity contribution in [2.24, 2.45) is 0 Å². The van der Waals surface area contributed by atoms with Gasteiger partial charge in [-0.05, 0) is 42.4 Å². The molecule has 1 atom stereocenters. The molecule has 1 saturated carbocycles. The fourth-order valence-corrected chi connectivity index (χ4v) is 3.76. The number of nitrogens with zero attached hydrogens (tertiary/aromatic N) is 3. The molecule has 0 N–H and O–H groups in total. The van der Waals surface area contributed by atoms with E-state index in [0.717, 1.165) is 12.1 Å². The summed E-state index contributed by atoms with van der Waals surface area (Å²) in [5.74, 6) is 1.14. The number of para-hydroxylation sites is 1. The second kappa shape index (κ2) is 4.79. The fraction of sp³-hybridized carbons (Fsp3) is 0.300. The van der Waals surface area contributed by atoms with Crippen molar-refractivity contribution in [3.8, 4) is 5.69 Å². The van der Waals surface area contributed by atoms with Crippen LogP contribution in [0.2, 0.25) is 0 Å². The Morgan fingerprint density at radius 3 is 2.87 bits per heavy atom. The number of allylic oxidation sites excluding steroid dienone is 1. The maximum absolute atomic E-state index is 5.02. The molecule has 3 aromatic rings. The van der Waals surface area contributed by atoms with E-state index in [-0.39, 0.29) is 0 Å². The quantitative estimate of drug-likeness (QED) is 0.679. The van der Waals surface area contributed by atoms with Crippen molar-refractivity contribution in [1.29, 1.82) is 0 Å². The summed E-state index contributed by atoms with van der Waals surface area (Å²) in [7, 11) is 0. The lowest BCUT2D eigenvalue weighted by atomic mass is 9.88. The van der Waals surface area contributed by atoms with Crippen LogP contribution in [0.25, 0.3) is 22.7 Å². The Morgan fingerprint density at radius 2 is 2.00 bits per heavy atom. The van der Waals surface area contributed by atoms with E-state index in [1.54, 1.807) is 0 Å². The Labute approximate surface area is 135 Å². The molecule has 2 aliphatic carbocycles. The lowest BCUT2D eigenvalue weighted by Gasteiger charge is -2.21. The average molecular weight is 301 g/mol. The second-order valence-electron chi connectivity index (χ2n) is 6.79. The van der Waals surface area contributed by atoms with Crippen LogP contribution >= 0.6 is 0 Å². The smallest absolute Gasteiger partial charge is 0.0876 e. The van der Waals surface area contributed by atoms with Crippen molar-refractivity contribution in [3.05, 3.63) is 59.6 Å². The molecule has 2 heterocycles. The lowest BCUT2D eigenvalue weighted by molar-refractivity contribution is 0.743. The molecule has 0 amide bonds. The van der Waals surface area contributed by atoms with Gasteiger partial charge in [-0.3, -0.25) is 4.98 Å². The van der Waals surface area contributed by atoms with Crippen LogP contribution in [-0.4, -0.2) is 14.8 Å². The zero-order chi connectivity index (χ0) is 15.4. The highest BCUT2D eigenvalue weighted by atomic mass is 15.3. The highest BCUT2D eigenvalue weighted by Crippen LogP contribution is 2.43. The monoisotopic (exact) mass is 301 g/mol. The highest BCUT2D eigenvalue weighted by Gasteiger charge is 2.30. The maximum atomic E-state index is 5.02. The molecule has 0 unspecified atom stereocenters. The first-order valence-corrected chi connectivity index (χ1v) is 8.45. The van der Waals surface area contributed by atoms with Crippen LogP contribution in [0.4, 0.5) is 0 Å². The van der Waals surface area contributed by atoms with Crippen molar-refractivity contribution >= 4 is 17.0 Å². The summed E-state index contributed by atoms with van der Waals surface area (Å²) in [6, 6.07) is 8.60. The largest absolute Gasteiger partial charge is 0.262 e. The van der Waals surface area contributed by atoms with Gasteiger partial charge >= 0.3 is 0 Å². The lowest BCUT2D eigenvalue weighted by Crippen LogP contribution is -2.09. The summed E-state index contributed by atoms with van der Waals surface area (Å²) in [6.07, 6.45) is 12.0. The number of rotatable bonds is 2. The van der Waals surface area contributed by atoms with Gasteiger partial charge in [0.05, 0.1) is 23.1 Å². The molecule has 0 spiro atoms. The molecule has 0 radical (unpaired) electrons. The summed E-state index contributed by atoms with van der Waals surface area (Å²) in [5.41, 5.74) is 6.21. The van der Waals surface area contributed by atoms with Crippen LogP contribution < -0.4 is 0 Å². The highest BCUT2D eigenvalue weighted by molar-refractivity contribution is 5.84. The van der Waals surface area contributed by atoms with E-state index >= 15 is 0 Å². The third-order valence-corrected chi connectivity index (χ3v) is 5.09. The van der Waals surface area contributed by atoms with E-state index in [2.05, 4.69) is 53.0 Å². The van der Waals surface area contributed by atoms with E-state index in [4.69, 9.17) is 5.10 Å². The minimum Gasteiger partial charge on any atom is -0.262 e. The van der Waals surface area contributed by atoms with Gasteiger partial charge in [-0.2, -0.15) is 5.10 Å². The molecule has 1 fully saturated rings. The van der Waals surface area contributed by atoms with Crippen molar-refractivity contribution in [2.75, 3.05) is 0 Å². The van der Waals surface area contributed by atoms with E-state index in [9.17, 15) is 0 Å². The Bertz CT molecular complexity index is 931. The van der Waals surface area contributed by atoms with E-state index in [0.29, 0.717) is 11.8 Å². The zero-order valence-corrected chi connectivity index (χ0v) is 13.2. The molecule has 114 valence electrons. The van der Waals surface area contributed by atoms with Crippen LogP contribution in [0.15, 0.2) is 42.7 Å². The van der Waals surface area contributed by atoms with Crippen molar-refractivity contribution < 1.29 is 0 Å². The third-order valence-electron chi connectivity index (χ3n) is 5.09.